The zero-order chi connectivity index (χ0) is 11.5. The Labute approximate surface area is 108 Å². The van der Waals surface area contributed by atoms with Crippen molar-refractivity contribution in [3.05, 3.63) is 59.7 Å². The number of rotatable bonds is 0. The summed E-state index contributed by atoms with van der Waals surface area (Å²) in [6, 6.07) is 17.4. The molecule has 0 N–H and O–H groups in total. The first kappa shape index (κ1) is 10.2. The van der Waals surface area contributed by atoms with Crippen LogP contribution in [0, 0.1) is 0 Å². The van der Waals surface area contributed by atoms with Crippen molar-refractivity contribution in [3.8, 4) is 0 Å². The Morgan fingerprint density at radius 1 is 0.824 bits per heavy atom. The zero-order valence-electron chi connectivity index (χ0n) is 9.27. The molecule has 0 radical (unpaired) electrons. The second kappa shape index (κ2) is 3.36. The van der Waals surface area contributed by atoms with E-state index in [4.69, 9.17) is 10.1 Å². The molecule has 0 fully saturated rings. The molecule has 0 amide bonds. The van der Waals surface area contributed by atoms with Gasteiger partial charge in [0.05, 0.1) is 0 Å². The molecule has 0 spiro atoms. The van der Waals surface area contributed by atoms with E-state index in [1.165, 1.54) is 20.1 Å². The number of halogens is 1. The minimum absolute atomic E-state index is 1.02. The van der Waals surface area contributed by atoms with E-state index in [1.807, 2.05) is 0 Å². The van der Waals surface area contributed by atoms with Crippen LogP contribution in [0.3, 0.4) is 0 Å². The summed E-state index contributed by atoms with van der Waals surface area (Å²) in [5.74, 6) is 0. The van der Waals surface area contributed by atoms with Crippen LogP contribution in [0.1, 0.15) is 11.1 Å². The molecule has 0 bridgehead atoms. The molecule has 0 saturated carbocycles. The van der Waals surface area contributed by atoms with E-state index in [9.17, 15) is 0 Å². The summed E-state index contributed by atoms with van der Waals surface area (Å²) in [5, 5.41) is 0. The van der Waals surface area contributed by atoms with Gasteiger partial charge in [-0.1, -0.05) is 0 Å². The van der Waals surface area contributed by atoms with Crippen LogP contribution in [0.5, 0.6) is 0 Å². The van der Waals surface area contributed by atoms with E-state index in [0.29, 0.717) is 0 Å². The Balaban J connectivity index is 2.01. The summed E-state index contributed by atoms with van der Waals surface area (Å²) in [6.07, 6.45) is 0. The van der Waals surface area contributed by atoms with Gasteiger partial charge in [-0.15, -0.1) is 0 Å². The predicted octanol–water partition coefficient (Wildman–Crippen LogP) is 1.81. The molecule has 2 heterocycles. The van der Waals surface area contributed by atoms with Gasteiger partial charge in [0.25, 0.3) is 0 Å². The molecule has 1 nitrogen and oxygen atoms in total. The van der Waals surface area contributed by atoms with Crippen LogP contribution < -0.4 is 8.92 Å². The van der Waals surface area contributed by atoms with E-state index >= 15 is 0 Å². The van der Waals surface area contributed by atoms with E-state index < -0.39 is 12.2 Å². The van der Waals surface area contributed by atoms with Crippen molar-refractivity contribution in [3.63, 3.8) is 0 Å². The van der Waals surface area contributed by atoms with Crippen molar-refractivity contribution in [2.24, 2.45) is 0 Å². The molecule has 3 heteroatoms. The summed E-state index contributed by atoms with van der Waals surface area (Å²) < 4.78 is 5.33. The first-order valence-corrected chi connectivity index (χ1v) is 10.5. The Bertz CT molecular complexity index is 561. The van der Waals surface area contributed by atoms with Gasteiger partial charge in [0.1, 0.15) is 0 Å². The van der Waals surface area contributed by atoms with Crippen LogP contribution in [0.15, 0.2) is 48.5 Å². The molecule has 0 unspecified atom stereocenters. The Kier molecular flexibility index (Phi) is 2.01. The molecule has 86 valence electrons. The number of benzene rings is 2. The molecule has 0 aliphatic carbocycles. The van der Waals surface area contributed by atoms with Crippen molar-refractivity contribution < 1.29 is 0 Å². The van der Waals surface area contributed by atoms with Crippen LogP contribution in [0.2, 0.25) is 0 Å². The fraction of sp³-hybridized carbons (Fsp3) is 0.143. The number of fused-ring (bicyclic) bond motifs is 5. The van der Waals surface area contributed by atoms with Gasteiger partial charge in [-0.2, -0.15) is 0 Å². The predicted molar refractivity (Wildman–Crippen MR) is 73.0 cm³/mol. The summed E-state index contributed by atoms with van der Waals surface area (Å²) in [6.45, 7) is 2.04. The Hall–Kier alpha value is -0.791. The van der Waals surface area contributed by atoms with Gasteiger partial charge in [0.15, 0.2) is 0 Å². The standard InChI is InChI=1S/C14H12ClNSe/c15-17-13-7-3-1-5-11(13)9-16(17)10-12-6-2-4-8-14(12)17/h1-8H,9-10H2. The molecule has 17 heavy (non-hydrogen) atoms. The summed E-state index contributed by atoms with van der Waals surface area (Å²) in [4.78, 5) is 0. The van der Waals surface area contributed by atoms with Gasteiger partial charge >= 0.3 is 108 Å². The molecular weight excluding hydrogens is 297 g/mol. The van der Waals surface area contributed by atoms with Gasteiger partial charge in [-0.05, 0) is 0 Å². The van der Waals surface area contributed by atoms with Gasteiger partial charge in [0, 0.05) is 0 Å². The second-order valence-electron chi connectivity index (χ2n) is 4.52. The number of hydrogen-bond acceptors (Lipinski definition) is 1. The van der Waals surface area contributed by atoms with Gasteiger partial charge in [0.2, 0.25) is 0 Å². The second-order valence-corrected chi connectivity index (χ2v) is 11.9. The van der Waals surface area contributed by atoms with E-state index in [2.05, 4.69) is 52.4 Å². The van der Waals surface area contributed by atoms with Crippen LogP contribution in [-0.2, 0) is 13.1 Å². The van der Waals surface area contributed by atoms with Crippen LogP contribution in [-0.4, -0.2) is 16.1 Å². The van der Waals surface area contributed by atoms with Crippen molar-refractivity contribution >= 4 is 31.2 Å². The fourth-order valence-corrected chi connectivity index (χ4v) is 11.0. The fourth-order valence-electron chi connectivity index (χ4n) is 2.81. The maximum absolute atomic E-state index is 7.11. The average molecular weight is 309 g/mol. The third-order valence-corrected chi connectivity index (χ3v) is 12.5. The molecule has 2 aromatic carbocycles. The normalized spacial score (nSPS) is 21.7. The topological polar surface area (TPSA) is 3.24 Å². The van der Waals surface area contributed by atoms with E-state index in [0.717, 1.165) is 13.1 Å². The molecule has 2 aromatic rings. The molecule has 2 aliphatic rings. The van der Waals surface area contributed by atoms with Crippen molar-refractivity contribution in [1.82, 2.24) is 3.92 Å². The van der Waals surface area contributed by atoms with Crippen LogP contribution >= 0.6 is 10.1 Å². The first-order chi connectivity index (χ1) is 8.30. The third kappa shape index (κ3) is 1.19. The van der Waals surface area contributed by atoms with Crippen LogP contribution in [0.4, 0.5) is 0 Å². The number of hydrogen-bond donors (Lipinski definition) is 0. The van der Waals surface area contributed by atoms with Crippen molar-refractivity contribution in [2.75, 3.05) is 0 Å². The summed E-state index contributed by atoms with van der Waals surface area (Å²) >= 11 is -2.30. The van der Waals surface area contributed by atoms with Gasteiger partial charge in [-0.25, -0.2) is 0 Å². The summed E-state index contributed by atoms with van der Waals surface area (Å²) in [5.41, 5.74) is 2.86. The third-order valence-electron chi connectivity index (χ3n) is 3.58. The van der Waals surface area contributed by atoms with Crippen molar-refractivity contribution in [2.45, 2.75) is 13.1 Å². The minimum atomic E-state index is -2.30. The molecule has 2 aliphatic heterocycles. The summed E-state index contributed by atoms with van der Waals surface area (Å²) in [7, 11) is 7.11. The van der Waals surface area contributed by atoms with E-state index in [-0.39, 0.29) is 0 Å². The van der Waals surface area contributed by atoms with E-state index in [1.54, 1.807) is 0 Å². The van der Waals surface area contributed by atoms with Gasteiger partial charge in [-0.3, -0.25) is 0 Å². The maximum atomic E-state index is 7.11. The first-order valence-electron chi connectivity index (χ1n) is 5.74. The SMILES string of the molecule is Cl[Se]12c3ccccc3CN1Cc1ccccc12. The quantitative estimate of drug-likeness (QED) is 0.671. The van der Waals surface area contributed by atoms with Gasteiger partial charge < -0.3 is 0 Å². The molecule has 0 aromatic heterocycles. The molecule has 0 atom stereocenters. The average Bonchev–Trinajstić information content (AvgIpc) is 2.79. The van der Waals surface area contributed by atoms with Crippen molar-refractivity contribution in [1.29, 1.82) is 0 Å². The van der Waals surface area contributed by atoms with Crippen LogP contribution in [0.25, 0.3) is 0 Å². The zero-order valence-corrected chi connectivity index (χ0v) is 11.7. The monoisotopic (exact) mass is 309 g/mol. The Morgan fingerprint density at radius 3 is 1.82 bits per heavy atom. The Morgan fingerprint density at radius 2 is 1.29 bits per heavy atom. The molecular formula is C14H12ClNSe. The number of nitrogens with zero attached hydrogens (tertiary/aromatic N) is 1. The molecule has 0 saturated heterocycles. The molecule has 4 rings (SSSR count).